The molecule has 0 saturated heterocycles. The van der Waals surface area contributed by atoms with Crippen LogP contribution in [0.1, 0.15) is 20.7 Å². The van der Waals surface area contributed by atoms with E-state index in [1.54, 1.807) is 30.3 Å². The summed E-state index contributed by atoms with van der Waals surface area (Å²) in [6.07, 6.45) is 0. The first-order chi connectivity index (χ1) is 16.4. The maximum atomic E-state index is 14.2. The van der Waals surface area contributed by atoms with Gasteiger partial charge in [0.2, 0.25) is 0 Å². The average molecular weight is 497 g/mol. The van der Waals surface area contributed by atoms with E-state index in [-0.39, 0.29) is 34.8 Å². The number of fused-ring (bicyclic) bond motifs is 1. The molecule has 0 aliphatic heterocycles. The summed E-state index contributed by atoms with van der Waals surface area (Å²) in [5.74, 6) is -1.32. The maximum absolute atomic E-state index is 14.2. The lowest BCUT2D eigenvalue weighted by Gasteiger charge is -2.11. The standard InChI is InChI=1S/C24H18ClFN4O3S/c25-17-6-2-1-5-15(17)22(32)28-12-11-27-21(31)14-9-10-16-19(13-14)29-24(34)30(23(16)33)20-8-4-3-7-18(20)26/h1-10,13H,11-12H2,(H,27,31)(H,28,32)(H,29,34). The van der Waals surface area contributed by atoms with Gasteiger partial charge in [-0.25, -0.2) is 8.96 Å². The van der Waals surface area contributed by atoms with Gasteiger partial charge >= 0.3 is 0 Å². The number of hydrogen-bond acceptors (Lipinski definition) is 4. The van der Waals surface area contributed by atoms with Gasteiger partial charge < -0.3 is 15.6 Å². The van der Waals surface area contributed by atoms with Crippen molar-refractivity contribution in [3.63, 3.8) is 0 Å². The van der Waals surface area contributed by atoms with Crippen molar-refractivity contribution in [2.75, 3.05) is 13.1 Å². The number of amides is 2. The number of rotatable bonds is 6. The molecule has 3 N–H and O–H groups in total. The number of para-hydroxylation sites is 1. The Morgan fingerprint density at radius 3 is 2.38 bits per heavy atom. The van der Waals surface area contributed by atoms with Crippen LogP contribution in [0.4, 0.5) is 4.39 Å². The predicted molar refractivity (Wildman–Crippen MR) is 131 cm³/mol. The van der Waals surface area contributed by atoms with Gasteiger partial charge in [0, 0.05) is 18.7 Å². The van der Waals surface area contributed by atoms with Crippen molar-refractivity contribution in [3.8, 4) is 5.69 Å². The molecule has 4 rings (SSSR count). The van der Waals surface area contributed by atoms with Gasteiger partial charge in [0.1, 0.15) is 5.82 Å². The third-order valence-electron chi connectivity index (χ3n) is 5.07. The van der Waals surface area contributed by atoms with Crippen molar-refractivity contribution in [2.24, 2.45) is 0 Å². The second kappa shape index (κ2) is 9.98. The lowest BCUT2D eigenvalue weighted by molar-refractivity contribution is 0.0928. The number of carbonyl (C=O) groups is 2. The average Bonchev–Trinajstić information content (AvgIpc) is 2.82. The molecular formula is C24H18ClFN4O3S. The topological polar surface area (TPSA) is 96.0 Å². The molecule has 34 heavy (non-hydrogen) atoms. The Morgan fingerprint density at radius 1 is 0.971 bits per heavy atom. The highest BCUT2D eigenvalue weighted by Crippen LogP contribution is 2.16. The molecule has 1 heterocycles. The Hall–Kier alpha value is -3.82. The van der Waals surface area contributed by atoms with E-state index in [1.165, 1.54) is 36.4 Å². The molecule has 0 fully saturated rings. The zero-order valence-electron chi connectivity index (χ0n) is 17.6. The quantitative estimate of drug-likeness (QED) is 0.278. The Kier molecular flexibility index (Phi) is 6.85. The van der Waals surface area contributed by atoms with Crippen LogP contribution in [0.5, 0.6) is 0 Å². The van der Waals surface area contributed by atoms with E-state index >= 15 is 0 Å². The minimum absolute atomic E-state index is 0.00226. The Balaban J connectivity index is 1.47. The summed E-state index contributed by atoms with van der Waals surface area (Å²) in [6, 6.07) is 16.9. The van der Waals surface area contributed by atoms with Crippen molar-refractivity contribution in [2.45, 2.75) is 0 Å². The molecule has 0 aliphatic rings. The lowest BCUT2D eigenvalue weighted by Crippen LogP contribution is -2.34. The molecule has 4 aromatic rings. The monoisotopic (exact) mass is 496 g/mol. The van der Waals surface area contributed by atoms with Crippen LogP contribution in [-0.2, 0) is 0 Å². The van der Waals surface area contributed by atoms with E-state index in [0.717, 1.165) is 4.57 Å². The van der Waals surface area contributed by atoms with Gasteiger partial charge in [-0.3, -0.25) is 14.4 Å². The highest BCUT2D eigenvalue weighted by Gasteiger charge is 2.14. The molecule has 0 spiro atoms. The molecular weight excluding hydrogens is 479 g/mol. The van der Waals surface area contributed by atoms with Crippen molar-refractivity contribution < 1.29 is 14.0 Å². The van der Waals surface area contributed by atoms with E-state index in [9.17, 15) is 18.8 Å². The molecule has 0 saturated carbocycles. The van der Waals surface area contributed by atoms with E-state index in [1.807, 2.05) is 0 Å². The lowest BCUT2D eigenvalue weighted by atomic mass is 10.1. The van der Waals surface area contributed by atoms with Crippen LogP contribution >= 0.6 is 23.8 Å². The van der Waals surface area contributed by atoms with Crippen LogP contribution in [0.25, 0.3) is 16.6 Å². The van der Waals surface area contributed by atoms with Gasteiger partial charge in [0.05, 0.1) is 27.2 Å². The first kappa shape index (κ1) is 23.3. The van der Waals surface area contributed by atoms with Gasteiger partial charge in [0.15, 0.2) is 4.77 Å². The predicted octanol–water partition coefficient (Wildman–Crippen LogP) is 4.00. The third-order valence-corrected chi connectivity index (χ3v) is 5.68. The smallest absolute Gasteiger partial charge is 0.266 e. The fourth-order valence-electron chi connectivity index (χ4n) is 3.41. The highest BCUT2D eigenvalue weighted by atomic mass is 35.5. The Morgan fingerprint density at radius 2 is 1.65 bits per heavy atom. The first-order valence-electron chi connectivity index (χ1n) is 10.2. The Labute approximate surface area is 203 Å². The summed E-state index contributed by atoms with van der Waals surface area (Å²) in [6.45, 7) is 0.372. The van der Waals surface area contributed by atoms with Crippen molar-refractivity contribution in [1.82, 2.24) is 20.2 Å². The third kappa shape index (κ3) is 4.75. The van der Waals surface area contributed by atoms with E-state index < -0.39 is 17.3 Å². The number of benzene rings is 3. The zero-order chi connectivity index (χ0) is 24.2. The van der Waals surface area contributed by atoms with Crippen LogP contribution in [0.3, 0.4) is 0 Å². The van der Waals surface area contributed by atoms with Gasteiger partial charge in [-0.1, -0.05) is 35.9 Å². The maximum Gasteiger partial charge on any atom is 0.266 e. The van der Waals surface area contributed by atoms with Crippen LogP contribution in [0.2, 0.25) is 5.02 Å². The first-order valence-corrected chi connectivity index (χ1v) is 11.0. The van der Waals surface area contributed by atoms with E-state index in [2.05, 4.69) is 15.6 Å². The largest absolute Gasteiger partial charge is 0.350 e. The molecule has 0 bridgehead atoms. The number of nitrogens with one attached hydrogen (secondary N) is 3. The molecule has 1 aromatic heterocycles. The van der Waals surface area contributed by atoms with Crippen LogP contribution in [-0.4, -0.2) is 34.5 Å². The fraction of sp³-hybridized carbons (Fsp3) is 0.0833. The molecule has 0 unspecified atom stereocenters. The number of carbonyl (C=O) groups excluding carboxylic acids is 2. The minimum atomic E-state index is -0.582. The SMILES string of the molecule is O=C(NCCNC(=O)c1ccccc1Cl)c1ccc2c(=O)n(-c3ccccc3F)c(=S)[nH]c2c1. The van der Waals surface area contributed by atoms with E-state index in [0.29, 0.717) is 21.7 Å². The van der Waals surface area contributed by atoms with E-state index in [4.69, 9.17) is 23.8 Å². The molecule has 0 radical (unpaired) electrons. The molecule has 7 nitrogen and oxygen atoms in total. The molecule has 0 atom stereocenters. The molecule has 172 valence electrons. The van der Waals surface area contributed by atoms with Crippen LogP contribution in [0, 0.1) is 10.6 Å². The number of H-pyrrole nitrogens is 1. The van der Waals surface area contributed by atoms with Gasteiger partial charge in [-0.05, 0) is 54.7 Å². The zero-order valence-corrected chi connectivity index (χ0v) is 19.2. The molecule has 10 heteroatoms. The summed E-state index contributed by atoms with van der Waals surface area (Å²) in [5.41, 5.74) is 0.525. The van der Waals surface area contributed by atoms with Crippen molar-refractivity contribution in [1.29, 1.82) is 0 Å². The van der Waals surface area contributed by atoms with Crippen LogP contribution < -0.4 is 16.2 Å². The highest BCUT2D eigenvalue weighted by molar-refractivity contribution is 7.71. The molecule has 0 aliphatic carbocycles. The van der Waals surface area contributed by atoms with Crippen LogP contribution in [0.15, 0.2) is 71.5 Å². The summed E-state index contributed by atoms with van der Waals surface area (Å²) < 4.78 is 15.3. The second-order valence-electron chi connectivity index (χ2n) is 7.27. The van der Waals surface area contributed by atoms with Gasteiger partial charge in [-0.15, -0.1) is 0 Å². The molecule has 2 amide bonds. The van der Waals surface area contributed by atoms with Crippen molar-refractivity contribution in [3.05, 3.63) is 104 Å². The number of aromatic amines is 1. The summed E-state index contributed by atoms with van der Waals surface area (Å²) in [5, 5.41) is 5.97. The van der Waals surface area contributed by atoms with Crippen molar-refractivity contribution >= 4 is 46.5 Å². The number of hydrogen-bond donors (Lipinski definition) is 3. The van der Waals surface area contributed by atoms with Gasteiger partial charge in [-0.2, -0.15) is 0 Å². The number of nitrogens with zero attached hydrogens (tertiary/aromatic N) is 1. The minimum Gasteiger partial charge on any atom is -0.350 e. The number of halogens is 2. The summed E-state index contributed by atoms with van der Waals surface area (Å²) in [7, 11) is 0. The number of aromatic nitrogens is 2. The summed E-state index contributed by atoms with van der Waals surface area (Å²) in [4.78, 5) is 40.6. The summed E-state index contributed by atoms with van der Waals surface area (Å²) >= 11 is 11.3. The fourth-order valence-corrected chi connectivity index (χ4v) is 3.92. The normalized spacial score (nSPS) is 10.8. The molecule has 3 aromatic carbocycles. The second-order valence-corrected chi connectivity index (χ2v) is 8.07. The van der Waals surface area contributed by atoms with Gasteiger partial charge in [0.25, 0.3) is 17.4 Å². The Bertz CT molecular complexity index is 1530.